The van der Waals surface area contributed by atoms with Gasteiger partial charge in [0, 0.05) is 19.5 Å². The molecule has 0 radical (unpaired) electrons. The van der Waals surface area contributed by atoms with Crippen molar-refractivity contribution >= 4 is 29.1 Å². The summed E-state index contributed by atoms with van der Waals surface area (Å²) in [5.74, 6) is -1.17. The molecule has 2 rings (SSSR count). The van der Waals surface area contributed by atoms with E-state index in [4.69, 9.17) is 5.11 Å². The van der Waals surface area contributed by atoms with Crippen molar-refractivity contribution in [2.75, 3.05) is 13.1 Å². The van der Waals surface area contributed by atoms with Crippen LogP contribution in [0, 0.1) is 0 Å². The Morgan fingerprint density at radius 1 is 1.43 bits per heavy atom. The van der Waals surface area contributed by atoms with Gasteiger partial charge in [-0.1, -0.05) is 6.07 Å². The van der Waals surface area contributed by atoms with E-state index in [-0.39, 0.29) is 18.2 Å². The molecule has 0 spiro atoms. The van der Waals surface area contributed by atoms with Crippen molar-refractivity contribution in [1.82, 2.24) is 10.2 Å². The highest BCUT2D eigenvalue weighted by molar-refractivity contribution is 7.12. The molecule has 0 aromatic carbocycles. The third kappa shape index (κ3) is 4.04. The Balaban J connectivity index is 1.87. The zero-order chi connectivity index (χ0) is 15.2. The lowest BCUT2D eigenvalue weighted by Crippen LogP contribution is -2.46. The van der Waals surface area contributed by atoms with E-state index >= 15 is 0 Å². The number of rotatable bonds is 6. The van der Waals surface area contributed by atoms with Crippen LogP contribution < -0.4 is 5.32 Å². The number of likely N-dealkylation sites (tertiary alicyclic amines) is 1. The normalized spacial score (nSPS) is 17.7. The molecule has 2 amide bonds. The summed E-state index contributed by atoms with van der Waals surface area (Å²) >= 11 is 1.37. The minimum absolute atomic E-state index is 0.0305. The fourth-order valence-corrected chi connectivity index (χ4v) is 3.07. The molecule has 1 aromatic rings. The van der Waals surface area contributed by atoms with Crippen LogP contribution in [-0.2, 0) is 9.59 Å². The van der Waals surface area contributed by atoms with Gasteiger partial charge in [0.05, 0.1) is 4.88 Å². The number of thiophene rings is 1. The fourth-order valence-electron chi connectivity index (χ4n) is 2.39. The fraction of sp³-hybridized carbons (Fsp3) is 0.500. The summed E-state index contributed by atoms with van der Waals surface area (Å²) in [5.41, 5.74) is 0. The number of carboxylic acids is 1. The molecule has 21 heavy (non-hydrogen) atoms. The first-order valence-electron chi connectivity index (χ1n) is 6.93. The Hall–Kier alpha value is -1.89. The molecule has 2 N–H and O–H groups in total. The maximum Gasteiger partial charge on any atom is 0.303 e. The van der Waals surface area contributed by atoms with E-state index in [0.29, 0.717) is 30.8 Å². The van der Waals surface area contributed by atoms with Gasteiger partial charge in [-0.25, -0.2) is 0 Å². The molecule has 6 nitrogen and oxygen atoms in total. The monoisotopic (exact) mass is 310 g/mol. The lowest BCUT2D eigenvalue weighted by molar-refractivity contribution is -0.137. The van der Waals surface area contributed by atoms with Crippen molar-refractivity contribution < 1.29 is 19.5 Å². The molecule has 0 aliphatic carbocycles. The van der Waals surface area contributed by atoms with Crippen LogP contribution in [0.4, 0.5) is 0 Å². The zero-order valence-corrected chi connectivity index (χ0v) is 12.4. The van der Waals surface area contributed by atoms with Gasteiger partial charge >= 0.3 is 5.97 Å². The molecule has 1 unspecified atom stereocenters. The molecule has 1 aliphatic heterocycles. The molecular weight excluding hydrogens is 292 g/mol. The van der Waals surface area contributed by atoms with E-state index in [1.54, 1.807) is 11.0 Å². The van der Waals surface area contributed by atoms with E-state index in [9.17, 15) is 14.4 Å². The van der Waals surface area contributed by atoms with Crippen molar-refractivity contribution in [3.63, 3.8) is 0 Å². The Labute approximate surface area is 126 Å². The minimum atomic E-state index is -0.875. The summed E-state index contributed by atoms with van der Waals surface area (Å²) in [7, 11) is 0. The highest BCUT2D eigenvalue weighted by Gasteiger charge is 2.34. The number of hydrogen-bond donors (Lipinski definition) is 2. The molecule has 1 atom stereocenters. The maximum atomic E-state index is 12.3. The summed E-state index contributed by atoms with van der Waals surface area (Å²) < 4.78 is 0. The van der Waals surface area contributed by atoms with Crippen molar-refractivity contribution in [3.05, 3.63) is 22.4 Å². The zero-order valence-electron chi connectivity index (χ0n) is 11.6. The van der Waals surface area contributed by atoms with Crippen LogP contribution in [0.1, 0.15) is 35.4 Å². The highest BCUT2D eigenvalue weighted by Crippen LogP contribution is 2.22. The van der Waals surface area contributed by atoms with E-state index in [0.717, 1.165) is 6.42 Å². The van der Waals surface area contributed by atoms with Gasteiger partial charge in [-0.05, 0) is 30.7 Å². The van der Waals surface area contributed by atoms with Gasteiger partial charge in [0.15, 0.2) is 0 Å². The second kappa shape index (κ2) is 7.21. The first-order valence-corrected chi connectivity index (χ1v) is 7.81. The van der Waals surface area contributed by atoms with Gasteiger partial charge in [-0.3, -0.25) is 14.4 Å². The van der Waals surface area contributed by atoms with Crippen LogP contribution in [0.15, 0.2) is 17.5 Å². The number of hydrogen-bond acceptors (Lipinski definition) is 4. The first kappa shape index (κ1) is 15.5. The topological polar surface area (TPSA) is 86.7 Å². The van der Waals surface area contributed by atoms with Crippen LogP contribution >= 0.6 is 11.3 Å². The van der Waals surface area contributed by atoms with Crippen LogP contribution in [0.3, 0.4) is 0 Å². The molecule has 1 fully saturated rings. The molecule has 1 aliphatic rings. The second-order valence-corrected chi connectivity index (χ2v) is 5.87. The van der Waals surface area contributed by atoms with E-state index in [1.807, 2.05) is 11.4 Å². The lowest BCUT2D eigenvalue weighted by atomic mass is 10.2. The van der Waals surface area contributed by atoms with E-state index < -0.39 is 12.0 Å². The highest BCUT2D eigenvalue weighted by atomic mass is 32.1. The van der Waals surface area contributed by atoms with Gasteiger partial charge < -0.3 is 15.3 Å². The number of carbonyl (C=O) groups excluding carboxylic acids is 2. The standard InChI is InChI=1S/C14H18N2O4S/c17-12(18)6-1-7-15-13(19)10-4-2-8-16(10)14(20)11-5-3-9-21-11/h3,5,9-10H,1-2,4,6-8H2,(H,15,19)(H,17,18). The summed E-state index contributed by atoms with van der Waals surface area (Å²) in [6, 6.07) is 3.13. The Bertz CT molecular complexity index is 515. The molecule has 1 aromatic heterocycles. The molecule has 0 saturated carbocycles. The Morgan fingerprint density at radius 3 is 2.90 bits per heavy atom. The molecule has 1 saturated heterocycles. The average Bonchev–Trinajstić information content (AvgIpc) is 3.12. The number of aliphatic carboxylic acids is 1. The molecular formula is C14H18N2O4S. The maximum absolute atomic E-state index is 12.3. The van der Waals surface area contributed by atoms with Crippen LogP contribution in [0.25, 0.3) is 0 Å². The summed E-state index contributed by atoms with van der Waals surface area (Å²) in [5, 5.41) is 13.1. The third-order valence-electron chi connectivity index (χ3n) is 3.41. The molecule has 2 heterocycles. The van der Waals surface area contributed by atoms with Gasteiger partial charge in [0.25, 0.3) is 5.91 Å². The SMILES string of the molecule is O=C(O)CCCNC(=O)C1CCCN1C(=O)c1cccs1. The predicted octanol–water partition coefficient (Wildman–Crippen LogP) is 1.33. The summed E-state index contributed by atoms with van der Waals surface area (Å²) in [4.78, 5) is 37.1. The second-order valence-electron chi connectivity index (χ2n) is 4.92. The van der Waals surface area contributed by atoms with Gasteiger partial charge in [0.1, 0.15) is 6.04 Å². The smallest absolute Gasteiger partial charge is 0.303 e. The van der Waals surface area contributed by atoms with Gasteiger partial charge in [-0.15, -0.1) is 11.3 Å². The number of carbonyl (C=O) groups is 3. The predicted molar refractivity (Wildman–Crippen MR) is 78.3 cm³/mol. The van der Waals surface area contributed by atoms with E-state index in [1.165, 1.54) is 11.3 Å². The van der Waals surface area contributed by atoms with Gasteiger partial charge in [0.2, 0.25) is 5.91 Å². The molecule has 0 bridgehead atoms. The Kier molecular flexibility index (Phi) is 5.32. The molecule has 7 heteroatoms. The third-order valence-corrected chi connectivity index (χ3v) is 4.27. The first-order chi connectivity index (χ1) is 10.1. The van der Waals surface area contributed by atoms with Gasteiger partial charge in [-0.2, -0.15) is 0 Å². The number of amides is 2. The largest absolute Gasteiger partial charge is 0.481 e. The van der Waals surface area contributed by atoms with Crippen molar-refractivity contribution in [3.8, 4) is 0 Å². The average molecular weight is 310 g/mol. The van der Waals surface area contributed by atoms with Crippen molar-refractivity contribution in [2.24, 2.45) is 0 Å². The number of nitrogens with one attached hydrogen (secondary N) is 1. The summed E-state index contributed by atoms with van der Waals surface area (Å²) in [6.45, 7) is 0.909. The van der Waals surface area contributed by atoms with Crippen molar-refractivity contribution in [1.29, 1.82) is 0 Å². The lowest BCUT2D eigenvalue weighted by Gasteiger charge is -2.23. The van der Waals surface area contributed by atoms with E-state index in [2.05, 4.69) is 5.32 Å². The van der Waals surface area contributed by atoms with Crippen LogP contribution in [0.2, 0.25) is 0 Å². The van der Waals surface area contributed by atoms with Crippen molar-refractivity contribution in [2.45, 2.75) is 31.7 Å². The minimum Gasteiger partial charge on any atom is -0.481 e. The Morgan fingerprint density at radius 2 is 2.24 bits per heavy atom. The quantitative estimate of drug-likeness (QED) is 0.776. The number of nitrogens with zero attached hydrogens (tertiary/aromatic N) is 1. The molecule has 114 valence electrons. The number of carboxylic acid groups (broad SMARTS) is 1. The van der Waals surface area contributed by atoms with Crippen LogP contribution in [-0.4, -0.2) is 46.9 Å². The summed E-state index contributed by atoms with van der Waals surface area (Å²) in [6.07, 6.45) is 1.89. The van der Waals surface area contributed by atoms with Crippen LogP contribution in [0.5, 0.6) is 0 Å².